The van der Waals surface area contributed by atoms with E-state index in [1.165, 1.54) is 5.69 Å². The molecule has 6 nitrogen and oxygen atoms in total. The van der Waals surface area contributed by atoms with Gasteiger partial charge in [0.15, 0.2) is 0 Å². The van der Waals surface area contributed by atoms with Crippen molar-refractivity contribution in [1.82, 2.24) is 19.9 Å². The highest BCUT2D eigenvalue weighted by atomic mass is 16.5. The van der Waals surface area contributed by atoms with Crippen LogP contribution in [0.3, 0.4) is 0 Å². The molecule has 1 aromatic heterocycles. The molecule has 0 atom stereocenters. The van der Waals surface area contributed by atoms with E-state index in [0.717, 1.165) is 62.5 Å². The highest BCUT2D eigenvalue weighted by molar-refractivity contribution is 5.75. The van der Waals surface area contributed by atoms with E-state index < -0.39 is 0 Å². The summed E-state index contributed by atoms with van der Waals surface area (Å²) in [5.41, 5.74) is 3.14. The number of rotatable bonds is 6. The number of fused-ring (bicyclic) bond motifs is 1. The topological polar surface area (TPSA) is 46.4 Å². The molecule has 0 saturated carbocycles. The summed E-state index contributed by atoms with van der Waals surface area (Å²) in [4.78, 5) is 6.81. The number of aromatic nitrogens is 3. The SMILES string of the molecule is COc1ccc2nn(CCCN3CCN(c4ccccc4)CC3)nc2c1. The van der Waals surface area contributed by atoms with Crippen molar-refractivity contribution < 1.29 is 4.74 Å². The van der Waals surface area contributed by atoms with Gasteiger partial charge in [-0.15, -0.1) is 0 Å². The van der Waals surface area contributed by atoms with Crippen LogP contribution in [0.4, 0.5) is 5.69 Å². The largest absolute Gasteiger partial charge is 0.497 e. The van der Waals surface area contributed by atoms with Crippen molar-refractivity contribution in [3.8, 4) is 5.75 Å². The number of aryl methyl sites for hydroxylation is 1. The minimum Gasteiger partial charge on any atom is -0.497 e. The summed E-state index contributed by atoms with van der Waals surface area (Å²) in [6.45, 7) is 6.34. The lowest BCUT2D eigenvalue weighted by Gasteiger charge is -2.36. The normalized spacial score (nSPS) is 15.5. The lowest BCUT2D eigenvalue weighted by atomic mass is 10.2. The van der Waals surface area contributed by atoms with Crippen LogP contribution in [0, 0.1) is 0 Å². The second-order valence-corrected chi connectivity index (χ2v) is 6.67. The number of methoxy groups -OCH3 is 1. The van der Waals surface area contributed by atoms with Crippen molar-refractivity contribution in [3.63, 3.8) is 0 Å². The molecule has 1 saturated heterocycles. The van der Waals surface area contributed by atoms with Crippen molar-refractivity contribution in [2.75, 3.05) is 44.7 Å². The van der Waals surface area contributed by atoms with E-state index in [2.05, 4.69) is 50.3 Å². The van der Waals surface area contributed by atoms with Gasteiger partial charge in [0.25, 0.3) is 0 Å². The Balaban J connectivity index is 1.25. The van der Waals surface area contributed by atoms with Crippen LogP contribution in [0.5, 0.6) is 5.75 Å². The van der Waals surface area contributed by atoms with Crippen molar-refractivity contribution >= 4 is 16.7 Å². The van der Waals surface area contributed by atoms with Gasteiger partial charge in [-0.3, -0.25) is 4.90 Å². The van der Waals surface area contributed by atoms with Crippen LogP contribution >= 0.6 is 0 Å². The maximum absolute atomic E-state index is 5.24. The molecule has 3 aromatic rings. The molecule has 0 spiro atoms. The predicted molar refractivity (Wildman–Crippen MR) is 104 cm³/mol. The van der Waals surface area contributed by atoms with E-state index in [4.69, 9.17) is 4.74 Å². The number of nitrogens with zero attached hydrogens (tertiary/aromatic N) is 5. The van der Waals surface area contributed by atoms with Crippen molar-refractivity contribution in [1.29, 1.82) is 0 Å². The summed E-state index contributed by atoms with van der Waals surface area (Å²) >= 11 is 0. The van der Waals surface area contributed by atoms with Gasteiger partial charge < -0.3 is 9.64 Å². The zero-order valence-electron chi connectivity index (χ0n) is 15.2. The highest BCUT2D eigenvalue weighted by Crippen LogP contribution is 2.18. The van der Waals surface area contributed by atoms with Gasteiger partial charge in [0, 0.05) is 44.5 Å². The first kappa shape index (κ1) is 16.8. The smallest absolute Gasteiger partial charge is 0.121 e. The fourth-order valence-electron chi connectivity index (χ4n) is 3.47. The summed E-state index contributed by atoms with van der Waals surface area (Å²) in [6.07, 6.45) is 1.06. The summed E-state index contributed by atoms with van der Waals surface area (Å²) < 4.78 is 5.24. The molecule has 0 N–H and O–H groups in total. The number of piperazine rings is 1. The van der Waals surface area contributed by atoms with Gasteiger partial charge in [0.1, 0.15) is 16.8 Å². The molecule has 1 aliphatic rings. The van der Waals surface area contributed by atoms with Gasteiger partial charge in [-0.2, -0.15) is 15.0 Å². The van der Waals surface area contributed by atoms with Crippen LogP contribution in [-0.4, -0.2) is 59.7 Å². The van der Waals surface area contributed by atoms with E-state index >= 15 is 0 Å². The van der Waals surface area contributed by atoms with Gasteiger partial charge in [-0.25, -0.2) is 0 Å². The summed E-state index contributed by atoms with van der Waals surface area (Å²) in [7, 11) is 1.67. The lowest BCUT2D eigenvalue weighted by Crippen LogP contribution is -2.46. The Kier molecular flexibility index (Phi) is 5.02. The molecule has 136 valence electrons. The van der Waals surface area contributed by atoms with Crippen molar-refractivity contribution in [2.45, 2.75) is 13.0 Å². The Labute approximate surface area is 154 Å². The van der Waals surface area contributed by atoms with Crippen LogP contribution in [0.2, 0.25) is 0 Å². The van der Waals surface area contributed by atoms with E-state index in [-0.39, 0.29) is 0 Å². The van der Waals surface area contributed by atoms with Gasteiger partial charge in [-0.1, -0.05) is 18.2 Å². The molecule has 0 bridgehead atoms. The van der Waals surface area contributed by atoms with Gasteiger partial charge >= 0.3 is 0 Å². The number of hydrogen-bond acceptors (Lipinski definition) is 5. The first-order valence-corrected chi connectivity index (χ1v) is 9.23. The quantitative estimate of drug-likeness (QED) is 0.683. The third-order valence-corrected chi connectivity index (χ3v) is 4.96. The zero-order chi connectivity index (χ0) is 17.8. The fraction of sp³-hybridized carbons (Fsp3) is 0.400. The Hall–Kier alpha value is -2.60. The minimum absolute atomic E-state index is 0.820. The zero-order valence-corrected chi connectivity index (χ0v) is 15.2. The minimum atomic E-state index is 0.820. The first-order valence-electron chi connectivity index (χ1n) is 9.23. The van der Waals surface area contributed by atoms with Crippen molar-refractivity contribution in [2.24, 2.45) is 0 Å². The Bertz CT molecular complexity index is 840. The molecule has 0 radical (unpaired) electrons. The van der Waals surface area contributed by atoms with Crippen molar-refractivity contribution in [3.05, 3.63) is 48.5 Å². The fourth-order valence-corrected chi connectivity index (χ4v) is 3.47. The van der Waals surface area contributed by atoms with Gasteiger partial charge in [0.05, 0.1) is 13.7 Å². The molecule has 1 fully saturated rings. The molecular formula is C20H25N5O. The molecule has 1 aliphatic heterocycles. The molecule has 4 rings (SSSR count). The molecule has 0 aliphatic carbocycles. The molecule has 0 unspecified atom stereocenters. The van der Waals surface area contributed by atoms with Gasteiger partial charge in [-0.05, 0) is 30.7 Å². The third-order valence-electron chi connectivity index (χ3n) is 4.96. The molecule has 0 amide bonds. The van der Waals surface area contributed by atoms with E-state index in [1.54, 1.807) is 7.11 Å². The van der Waals surface area contributed by atoms with Crippen LogP contribution in [0.15, 0.2) is 48.5 Å². The molecular weight excluding hydrogens is 326 g/mol. The maximum atomic E-state index is 5.24. The molecule has 26 heavy (non-hydrogen) atoms. The Morgan fingerprint density at radius 2 is 1.65 bits per heavy atom. The second kappa shape index (κ2) is 7.74. The monoisotopic (exact) mass is 351 g/mol. The Morgan fingerprint density at radius 3 is 2.42 bits per heavy atom. The number of anilines is 1. The average Bonchev–Trinajstić information content (AvgIpc) is 3.11. The number of ether oxygens (including phenoxy) is 1. The summed E-state index contributed by atoms with van der Waals surface area (Å²) in [5.74, 6) is 0.820. The summed E-state index contributed by atoms with van der Waals surface area (Å²) in [5, 5.41) is 9.10. The van der Waals surface area contributed by atoms with E-state index in [9.17, 15) is 0 Å². The van der Waals surface area contributed by atoms with Crippen LogP contribution in [0.1, 0.15) is 6.42 Å². The average molecular weight is 351 g/mol. The summed E-state index contributed by atoms with van der Waals surface area (Å²) in [6, 6.07) is 16.5. The van der Waals surface area contributed by atoms with Crippen LogP contribution in [0.25, 0.3) is 11.0 Å². The number of para-hydroxylation sites is 1. The van der Waals surface area contributed by atoms with E-state index in [0.29, 0.717) is 0 Å². The second-order valence-electron chi connectivity index (χ2n) is 6.67. The maximum Gasteiger partial charge on any atom is 0.121 e. The molecule has 6 heteroatoms. The first-order chi connectivity index (χ1) is 12.8. The predicted octanol–water partition coefficient (Wildman–Crippen LogP) is 2.65. The van der Waals surface area contributed by atoms with Gasteiger partial charge in [0.2, 0.25) is 0 Å². The number of hydrogen-bond donors (Lipinski definition) is 0. The van der Waals surface area contributed by atoms with E-state index in [1.807, 2.05) is 23.0 Å². The molecule has 2 aromatic carbocycles. The number of benzene rings is 2. The third kappa shape index (κ3) is 3.80. The van der Waals surface area contributed by atoms with Crippen LogP contribution in [-0.2, 0) is 6.54 Å². The highest BCUT2D eigenvalue weighted by Gasteiger charge is 2.16. The lowest BCUT2D eigenvalue weighted by molar-refractivity contribution is 0.247. The Morgan fingerprint density at radius 1 is 0.885 bits per heavy atom. The van der Waals surface area contributed by atoms with Crippen LogP contribution < -0.4 is 9.64 Å². The standard InChI is InChI=1S/C20H25N5O/c1-26-18-8-9-19-20(16-18)22-25(21-19)11-5-10-23-12-14-24(15-13-23)17-6-3-2-4-7-17/h2-4,6-9,16H,5,10-15H2,1H3. The molecule has 2 heterocycles.